The number of benzene rings is 7. The van der Waals surface area contributed by atoms with Crippen molar-refractivity contribution in [1.82, 2.24) is 4.57 Å². The van der Waals surface area contributed by atoms with Crippen LogP contribution in [0.5, 0.6) is 0 Å². The van der Waals surface area contributed by atoms with Crippen LogP contribution in [0.1, 0.15) is 45.4 Å². The number of rotatable bonds is 8. The first-order valence-corrected chi connectivity index (χ1v) is 19.7. The van der Waals surface area contributed by atoms with Crippen molar-refractivity contribution in [1.29, 1.82) is 10.7 Å². The maximum Gasteiger partial charge on any atom is 0.0991 e. The van der Waals surface area contributed by atoms with Crippen LogP contribution in [0.3, 0.4) is 0 Å². The summed E-state index contributed by atoms with van der Waals surface area (Å²) < 4.78 is 2.47. The third-order valence-electron chi connectivity index (χ3n) is 11.8. The summed E-state index contributed by atoms with van der Waals surface area (Å²) in [4.78, 5) is 5.04. The van der Waals surface area contributed by atoms with Gasteiger partial charge in [-0.1, -0.05) is 164 Å². The Labute approximate surface area is 338 Å². The second-order valence-electron chi connectivity index (χ2n) is 15.0. The number of hydrogen-bond donors (Lipinski definition) is 1. The highest BCUT2D eigenvalue weighted by Crippen LogP contribution is 2.60. The fraction of sp³-hybridized carbons (Fsp3) is 0.0556. The molecule has 0 saturated heterocycles. The van der Waals surface area contributed by atoms with Crippen LogP contribution in [0.2, 0.25) is 0 Å². The van der Waals surface area contributed by atoms with E-state index < -0.39 is 5.41 Å². The topological polar surface area (TPSA) is 64.9 Å². The van der Waals surface area contributed by atoms with Gasteiger partial charge < -0.3 is 9.98 Å². The number of hydrogen-bond acceptors (Lipinski definition) is 3. The fourth-order valence-electron chi connectivity index (χ4n) is 9.32. The minimum atomic E-state index is -0.439. The number of para-hydroxylation sites is 1. The summed E-state index contributed by atoms with van der Waals surface area (Å²) in [5.41, 5.74) is 13.5. The van der Waals surface area contributed by atoms with Gasteiger partial charge in [0.25, 0.3) is 0 Å². The van der Waals surface area contributed by atoms with E-state index in [4.69, 9.17) is 10.4 Å². The molecule has 0 bridgehead atoms. The highest BCUT2D eigenvalue weighted by atomic mass is 15.0. The summed E-state index contributed by atoms with van der Waals surface area (Å²) in [6.07, 6.45) is 13.7. The number of aliphatic imine (C=N–C) groups is 1. The highest BCUT2D eigenvalue weighted by Gasteiger charge is 2.50. The smallest absolute Gasteiger partial charge is 0.0991 e. The van der Waals surface area contributed by atoms with Crippen LogP contribution in [-0.2, 0) is 5.41 Å². The fourth-order valence-corrected chi connectivity index (χ4v) is 9.32. The van der Waals surface area contributed by atoms with Crippen molar-refractivity contribution < 1.29 is 0 Å². The largest absolute Gasteiger partial charge is 0.309 e. The van der Waals surface area contributed by atoms with Gasteiger partial charge in [-0.05, 0) is 76.6 Å². The molecule has 7 aromatic carbocycles. The molecule has 8 aromatic rings. The van der Waals surface area contributed by atoms with Gasteiger partial charge in [-0.15, -0.1) is 0 Å². The molecule has 4 nitrogen and oxygen atoms in total. The van der Waals surface area contributed by atoms with Gasteiger partial charge in [0.15, 0.2) is 0 Å². The average molecular weight is 743 g/mol. The Kier molecular flexibility index (Phi) is 8.70. The zero-order chi connectivity index (χ0) is 39.1. The monoisotopic (exact) mass is 742 g/mol. The molecule has 0 fully saturated rings. The predicted molar refractivity (Wildman–Crippen MR) is 239 cm³/mol. The van der Waals surface area contributed by atoms with Crippen LogP contribution < -0.4 is 0 Å². The number of allylic oxidation sites excluding steroid dienone is 5. The van der Waals surface area contributed by atoms with Gasteiger partial charge in [0.05, 0.1) is 39.5 Å². The van der Waals surface area contributed by atoms with Crippen molar-refractivity contribution in [3.8, 4) is 22.9 Å². The first-order valence-electron chi connectivity index (χ1n) is 19.7. The molecule has 4 heteroatoms. The van der Waals surface area contributed by atoms with Gasteiger partial charge in [0.2, 0.25) is 0 Å². The molecular weight excluding hydrogens is 705 g/mol. The second kappa shape index (κ2) is 14.5. The van der Waals surface area contributed by atoms with Crippen molar-refractivity contribution in [3.63, 3.8) is 0 Å². The minimum Gasteiger partial charge on any atom is -0.309 e. The molecule has 1 heterocycles. The minimum absolute atomic E-state index is 0.196. The maximum atomic E-state index is 9.48. The molecule has 0 aliphatic heterocycles. The van der Waals surface area contributed by atoms with Crippen LogP contribution in [0.15, 0.2) is 205 Å². The van der Waals surface area contributed by atoms with E-state index >= 15 is 0 Å². The van der Waals surface area contributed by atoms with Crippen LogP contribution in [0.4, 0.5) is 0 Å². The average Bonchev–Trinajstić information content (AvgIpc) is 3.80. The van der Waals surface area contributed by atoms with Crippen LogP contribution in [0, 0.1) is 22.7 Å². The van der Waals surface area contributed by atoms with E-state index in [1.54, 1.807) is 18.2 Å². The second-order valence-corrected chi connectivity index (χ2v) is 15.0. The number of nitrogens with one attached hydrogen (secondary N) is 1. The van der Waals surface area contributed by atoms with Crippen LogP contribution in [0.25, 0.3) is 44.3 Å². The summed E-state index contributed by atoms with van der Waals surface area (Å²) in [7, 11) is 0. The molecule has 1 N–H and O–H groups in total. The molecule has 2 atom stereocenters. The molecule has 1 aromatic heterocycles. The number of fused-ring (bicyclic) bond motifs is 7. The molecule has 2 aliphatic rings. The van der Waals surface area contributed by atoms with Gasteiger partial charge in [0.1, 0.15) is 0 Å². The van der Waals surface area contributed by atoms with E-state index in [1.165, 1.54) is 44.1 Å². The molecule has 0 spiro atoms. The Balaban J connectivity index is 1.18. The van der Waals surface area contributed by atoms with Crippen molar-refractivity contribution >= 4 is 39.4 Å². The lowest BCUT2D eigenvalue weighted by Crippen LogP contribution is -2.36. The summed E-state index contributed by atoms with van der Waals surface area (Å²) in [6.45, 7) is 0. The number of aromatic nitrogens is 1. The molecule has 0 radical (unpaired) electrons. The Morgan fingerprint density at radius 1 is 0.707 bits per heavy atom. The van der Waals surface area contributed by atoms with Gasteiger partial charge in [-0.2, -0.15) is 5.26 Å². The molecule has 2 aliphatic carbocycles. The van der Waals surface area contributed by atoms with Crippen molar-refractivity contribution in [2.24, 2.45) is 10.9 Å². The molecule has 10 rings (SSSR count). The summed E-state index contributed by atoms with van der Waals surface area (Å²) >= 11 is 0. The molecule has 274 valence electrons. The molecule has 2 unspecified atom stereocenters. The normalized spacial score (nSPS) is 17.1. The Bertz CT molecular complexity index is 3060. The van der Waals surface area contributed by atoms with Crippen LogP contribution >= 0.6 is 0 Å². The van der Waals surface area contributed by atoms with Gasteiger partial charge in [-0.25, -0.2) is 0 Å². The van der Waals surface area contributed by atoms with Gasteiger partial charge >= 0.3 is 0 Å². The first-order chi connectivity index (χ1) is 28.6. The lowest BCUT2D eigenvalue weighted by molar-refractivity contribution is 0.459. The van der Waals surface area contributed by atoms with E-state index in [1.807, 2.05) is 48.7 Å². The molecule has 0 amide bonds. The lowest BCUT2D eigenvalue weighted by atomic mass is 9.62. The first kappa shape index (κ1) is 34.8. The lowest BCUT2D eigenvalue weighted by Gasteiger charge is -2.40. The number of nitriles is 1. The summed E-state index contributed by atoms with van der Waals surface area (Å²) in [5.74, 6) is 0.196. The van der Waals surface area contributed by atoms with E-state index in [2.05, 4.69) is 150 Å². The molecular formula is C54H38N4. The van der Waals surface area contributed by atoms with E-state index in [0.29, 0.717) is 16.8 Å². The van der Waals surface area contributed by atoms with Crippen molar-refractivity contribution in [3.05, 3.63) is 239 Å². The quantitative estimate of drug-likeness (QED) is 0.155. The van der Waals surface area contributed by atoms with Crippen LogP contribution in [-0.4, -0.2) is 16.5 Å². The molecule has 58 heavy (non-hydrogen) atoms. The summed E-state index contributed by atoms with van der Waals surface area (Å²) in [5, 5.41) is 20.9. The van der Waals surface area contributed by atoms with Crippen molar-refractivity contribution in [2.45, 2.75) is 11.8 Å². The Morgan fingerprint density at radius 2 is 1.47 bits per heavy atom. The van der Waals surface area contributed by atoms with Crippen molar-refractivity contribution in [2.75, 3.05) is 0 Å². The zero-order valence-corrected chi connectivity index (χ0v) is 31.8. The van der Waals surface area contributed by atoms with E-state index in [-0.39, 0.29) is 11.6 Å². The van der Waals surface area contributed by atoms with Gasteiger partial charge in [-0.3, -0.25) is 4.99 Å². The molecule has 0 saturated carbocycles. The predicted octanol–water partition coefficient (Wildman–Crippen LogP) is 12.6. The Morgan fingerprint density at radius 3 is 2.29 bits per heavy atom. The third kappa shape index (κ3) is 5.67. The van der Waals surface area contributed by atoms with Gasteiger partial charge in [0, 0.05) is 39.4 Å². The standard InChI is InChI=1S/C54H38N4/c55-35-37-16-14-20-40(32-37)49(56)34-50(39-18-4-1-5-19-39)57-36-38-17-15-25-43(33-38)58-51-29-13-11-27-45(51)47-31-30-46-44-26-10-12-28-48(44)54(52(46)53(47)58,41-21-6-2-7-22-41)42-23-8-3-9-24-42/h1-23,25-34,36,42,56H,24H2/b50-34-,56-49?,57-36?. The third-order valence-corrected chi connectivity index (χ3v) is 11.8. The highest BCUT2D eigenvalue weighted by molar-refractivity contribution is 6.14. The van der Waals surface area contributed by atoms with E-state index in [9.17, 15) is 5.26 Å². The number of nitrogens with zero attached hydrogens (tertiary/aromatic N) is 3. The SMILES string of the molecule is N#Cc1cccc(C(=N)/C=C(\N=Cc2cccc(-n3c4ccccc4c4ccc5c(c43)C(c3ccccc3)(C3C=CC=CC3)c3ccccc3-5)c2)c2ccccc2)c1. The zero-order valence-electron chi connectivity index (χ0n) is 31.8. The Hall–Kier alpha value is -7.61. The maximum absolute atomic E-state index is 9.48. The summed E-state index contributed by atoms with van der Waals surface area (Å²) in [6, 6.07) is 61.5. The van der Waals surface area contributed by atoms with E-state index in [0.717, 1.165) is 28.8 Å².